The summed E-state index contributed by atoms with van der Waals surface area (Å²) in [5, 5.41) is 20.1. The minimum Gasteiger partial charge on any atom is -0.509 e. The quantitative estimate of drug-likeness (QED) is 0.795. The van der Waals surface area contributed by atoms with E-state index < -0.39 is 27.4 Å². The molecular weight excluding hydrogens is 414 g/mol. The zero-order valence-electron chi connectivity index (χ0n) is 17.3. The van der Waals surface area contributed by atoms with E-state index in [4.69, 9.17) is 5.26 Å². The smallest absolute Gasteiger partial charge is 0.283 e. The zero-order chi connectivity index (χ0) is 22.6. The molecule has 4 rings (SSSR count). The topological polar surface area (TPSA) is 111 Å². The maximum atomic E-state index is 13.5. The molecule has 0 aliphatic carbocycles. The molecule has 2 aromatic carbocycles. The molecule has 0 fully saturated rings. The Morgan fingerprint density at radius 2 is 1.77 bits per heavy atom. The minimum absolute atomic E-state index is 0.0188. The van der Waals surface area contributed by atoms with Gasteiger partial charge in [0.05, 0.1) is 22.6 Å². The molecule has 1 atom stereocenters. The molecule has 2 heterocycles. The Hall–Kier alpha value is -3.44. The van der Waals surface area contributed by atoms with Crippen molar-refractivity contribution in [2.24, 2.45) is 9.81 Å². The third-order valence-corrected chi connectivity index (χ3v) is 6.76. The molecule has 0 bridgehead atoms. The van der Waals surface area contributed by atoms with Crippen molar-refractivity contribution < 1.29 is 18.3 Å². The highest BCUT2D eigenvalue weighted by Gasteiger charge is 2.48. The zero-order valence-corrected chi connectivity index (χ0v) is 18.1. The summed E-state index contributed by atoms with van der Waals surface area (Å²) in [6.07, 6.45) is 0. The van der Waals surface area contributed by atoms with E-state index in [2.05, 4.69) is 10.5 Å². The molecule has 8 heteroatoms. The van der Waals surface area contributed by atoms with Gasteiger partial charge >= 0.3 is 0 Å². The number of rotatable bonds is 3. The van der Waals surface area contributed by atoms with Crippen LogP contribution in [0, 0.1) is 16.7 Å². The van der Waals surface area contributed by atoms with Crippen LogP contribution in [0.2, 0.25) is 0 Å². The molecule has 0 aromatic heterocycles. The van der Waals surface area contributed by atoms with Gasteiger partial charge in [-0.3, -0.25) is 4.79 Å². The molecule has 0 spiro atoms. The first kappa shape index (κ1) is 20.8. The van der Waals surface area contributed by atoms with E-state index in [1.54, 1.807) is 42.5 Å². The average molecular weight is 436 g/mol. The maximum absolute atomic E-state index is 13.5. The molecule has 7 nitrogen and oxygen atoms in total. The lowest BCUT2D eigenvalue weighted by atomic mass is 9.84. The summed E-state index contributed by atoms with van der Waals surface area (Å²) in [7, 11) is -3.93. The van der Waals surface area contributed by atoms with Gasteiger partial charge < -0.3 is 10.0 Å². The second-order valence-electron chi connectivity index (χ2n) is 8.68. The number of carbonyl (C=O) groups is 1. The van der Waals surface area contributed by atoms with Gasteiger partial charge in [-0.2, -0.15) is 18.1 Å². The summed E-state index contributed by atoms with van der Waals surface area (Å²) in [5.74, 6) is -0.663. The van der Waals surface area contributed by atoms with Crippen LogP contribution in [0.3, 0.4) is 0 Å². The van der Waals surface area contributed by atoms with Crippen LogP contribution < -0.4 is 0 Å². The lowest BCUT2D eigenvalue weighted by Crippen LogP contribution is -2.43. The van der Waals surface area contributed by atoms with Crippen molar-refractivity contribution in [1.29, 1.82) is 5.26 Å². The van der Waals surface area contributed by atoms with E-state index >= 15 is 0 Å². The summed E-state index contributed by atoms with van der Waals surface area (Å²) < 4.78 is 28.8. The predicted molar refractivity (Wildman–Crippen MR) is 115 cm³/mol. The normalized spacial score (nSPS) is 19.9. The third-order valence-electron chi connectivity index (χ3n) is 5.43. The second kappa shape index (κ2) is 7.06. The Kier molecular flexibility index (Phi) is 4.74. The first-order chi connectivity index (χ1) is 14.5. The number of amides is 1. The number of aliphatic hydroxyl groups is 1. The standard InChI is InChI=1S/C23H21N3O4S/c1-23(2,3)21-20(27)18(19-16-6-4-5-7-17(16)31(29,30)25-19)22(28)26(21)13-15-10-8-14(12-24)9-11-15/h4-11,21,27H,13H2,1-3H3/t21-/m1/s1. The van der Waals surface area contributed by atoms with E-state index in [0.29, 0.717) is 11.1 Å². The monoisotopic (exact) mass is 435 g/mol. The van der Waals surface area contributed by atoms with Crippen LogP contribution in [0.4, 0.5) is 0 Å². The molecule has 0 radical (unpaired) electrons. The van der Waals surface area contributed by atoms with Crippen molar-refractivity contribution in [1.82, 2.24) is 4.90 Å². The molecule has 0 saturated heterocycles. The lowest BCUT2D eigenvalue weighted by Gasteiger charge is -2.35. The Labute approximate surface area is 181 Å². The Balaban J connectivity index is 1.80. The molecule has 0 saturated carbocycles. The number of hydrogen-bond acceptors (Lipinski definition) is 5. The van der Waals surface area contributed by atoms with Crippen molar-refractivity contribution in [3.63, 3.8) is 0 Å². The van der Waals surface area contributed by atoms with E-state index in [0.717, 1.165) is 5.56 Å². The first-order valence-corrected chi connectivity index (χ1v) is 11.2. The molecule has 2 aliphatic heterocycles. The second-order valence-corrected chi connectivity index (χ2v) is 10.3. The van der Waals surface area contributed by atoms with Crippen LogP contribution in [-0.2, 0) is 21.4 Å². The van der Waals surface area contributed by atoms with Gasteiger partial charge in [0.1, 0.15) is 17.0 Å². The van der Waals surface area contributed by atoms with Crippen molar-refractivity contribution in [2.75, 3.05) is 0 Å². The van der Waals surface area contributed by atoms with Gasteiger partial charge in [0, 0.05) is 12.1 Å². The molecule has 2 aromatic rings. The van der Waals surface area contributed by atoms with Crippen LogP contribution in [0.25, 0.3) is 0 Å². The molecule has 2 aliphatic rings. The van der Waals surface area contributed by atoms with Gasteiger partial charge in [0.25, 0.3) is 15.9 Å². The van der Waals surface area contributed by atoms with Crippen molar-refractivity contribution >= 4 is 21.6 Å². The lowest BCUT2D eigenvalue weighted by molar-refractivity contribution is -0.129. The highest BCUT2D eigenvalue weighted by molar-refractivity contribution is 7.90. The van der Waals surface area contributed by atoms with Crippen molar-refractivity contribution in [2.45, 2.75) is 38.3 Å². The van der Waals surface area contributed by atoms with E-state index in [9.17, 15) is 18.3 Å². The number of sulfonamides is 1. The molecule has 0 unspecified atom stereocenters. The van der Waals surface area contributed by atoms with Gasteiger partial charge in [0.2, 0.25) is 0 Å². The van der Waals surface area contributed by atoms with Crippen LogP contribution >= 0.6 is 0 Å². The summed E-state index contributed by atoms with van der Waals surface area (Å²) in [5.41, 5.74) is 0.984. The van der Waals surface area contributed by atoms with Crippen LogP contribution in [0.15, 0.2) is 69.2 Å². The number of carbonyl (C=O) groups excluding carboxylic acids is 1. The fourth-order valence-corrected chi connectivity index (χ4v) is 5.31. The highest BCUT2D eigenvalue weighted by atomic mass is 32.2. The van der Waals surface area contributed by atoms with E-state index in [-0.39, 0.29) is 28.5 Å². The van der Waals surface area contributed by atoms with Crippen LogP contribution in [0.1, 0.15) is 37.5 Å². The number of nitriles is 1. The van der Waals surface area contributed by atoms with Gasteiger partial charge in [-0.05, 0) is 29.2 Å². The van der Waals surface area contributed by atoms with E-state index in [1.165, 1.54) is 11.0 Å². The SMILES string of the molecule is CC(C)(C)[C@H]1C(O)=C(C2=NS(=O)(=O)c3ccccc32)C(=O)N1Cc1ccc(C#N)cc1. The van der Waals surface area contributed by atoms with E-state index in [1.807, 2.05) is 20.8 Å². The Morgan fingerprint density at radius 3 is 2.39 bits per heavy atom. The fraction of sp³-hybridized carbons (Fsp3) is 0.261. The van der Waals surface area contributed by atoms with Gasteiger partial charge in [-0.25, -0.2) is 0 Å². The molecule has 1 N–H and O–H groups in total. The fourth-order valence-electron chi connectivity index (χ4n) is 4.09. The summed E-state index contributed by atoms with van der Waals surface area (Å²) in [4.78, 5) is 15.0. The number of aliphatic hydroxyl groups excluding tert-OH is 1. The Bertz CT molecular complexity index is 1290. The summed E-state index contributed by atoms with van der Waals surface area (Å²) in [6.45, 7) is 5.90. The number of hydrogen-bond donors (Lipinski definition) is 1. The summed E-state index contributed by atoms with van der Waals surface area (Å²) >= 11 is 0. The molecule has 1 amide bonds. The van der Waals surface area contributed by atoms with Crippen LogP contribution in [-0.4, -0.2) is 36.1 Å². The predicted octanol–water partition coefficient (Wildman–Crippen LogP) is 3.32. The Morgan fingerprint density at radius 1 is 1.13 bits per heavy atom. The van der Waals surface area contributed by atoms with Crippen molar-refractivity contribution in [3.8, 4) is 6.07 Å². The number of benzene rings is 2. The average Bonchev–Trinajstić information content (AvgIpc) is 3.12. The highest BCUT2D eigenvalue weighted by Crippen LogP contribution is 2.40. The molecule has 31 heavy (non-hydrogen) atoms. The number of fused-ring (bicyclic) bond motifs is 1. The van der Waals surface area contributed by atoms with Crippen LogP contribution in [0.5, 0.6) is 0 Å². The van der Waals surface area contributed by atoms with Crippen molar-refractivity contribution in [3.05, 3.63) is 76.6 Å². The third kappa shape index (κ3) is 3.41. The largest absolute Gasteiger partial charge is 0.509 e. The summed E-state index contributed by atoms with van der Waals surface area (Å²) in [6, 6.07) is 14.5. The molecular formula is C23H21N3O4S. The van der Waals surface area contributed by atoms with Gasteiger partial charge in [-0.1, -0.05) is 51.1 Å². The first-order valence-electron chi connectivity index (χ1n) is 9.72. The van der Waals surface area contributed by atoms with Gasteiger partial charge in [0.15, 0.2) is 0 Å². The van der Waals surface area contributed by atoms with Gasteiger partial charge in [-0.15, -0.1) is 0 Å². The molecule has 158 valence electrons. The maximum Gasteiger partial charge on any atom is 0.283 e. The minimum atomic E-state index is -3.93. The number of nitrogens with zero attached hydrogens (tertiary/aromatic N) is 3.